The van der Waals surface area contributed by atoms with Gasteiger partial charge in [0.15, 0.2) is 11.6 Å². The van der Waals surface area contributed by atoms with E-state index in [1.807, 2.05) is 0 Å². The maximum atomic E-state index is 13.8. The van der Waals surface area contributed by atoms with Gasteiger partial charge >= 0.3 is 5.97 Å². The SMILES string of the molecule is COCCN(CC(=O)O)c1c(F)cc(C#N)cc1F. The normalized spacial score (nSPS) is 10.0. The molecular weight excluding hydrogens is 258 g/mol. The van der Waals surface area contributed by atoms with Gasteiger partial charge in [-0.25, -0.2) is 8.78 Å². The van der Waals surface area contributed by atoms with Crippen molar-refractivity contribution in [3.8, 4) is 6.07 Å². The number of aliphatic carboxylic acids is 1. The summed E-state index contributed by atoms with van der Waals surface area (Å²) < 4.78 is 32.3. The zero-order chi connectivity index (χ0) is 14.4. The van der Waals surface area contributed by atoms with Crippen LogP contribution in [0.4, 0.5) is 14.5 Å². The standard InChI is InChI=1S/C12H12F2N2O3/c1-19-3-2-16(7-11(17)18)12-9(13)4-8(6-15)5-10(12)14/h4-5H,2-3,7H2,1H3,(H,17,18). The van der Waals surface area contributed by atoms with Crippen LogP contribution in [0.1, 0.15) is 5.56 Å². The number of methoxy groups -OCH3 is 1. The number of halogens is 2. The predicted octanol–water partition coefficient (Wildman–Crippen LogP) is 1.37. The third kappa shape index (κ3) is 3.89. The summed E-state index contributed by atoms with van der Waals surface area (Å²) in [5.41, 5.74) is -0.640. The number of carboxylic acid groups (broad SMARTS) is 1. The Labute approximate surface area is 108 Å². The van der Waals surface area contributed by atoms with Crippen molar-refractivity contribution in [3.05, 3.63) is 29.3 Å². The van der Waals surface area contributed by atoms with E-state index in [-0.39, 0.29) is 18.7 Å². The summed E-state index contributed by atoms with van der Waals surface area (Å²) in [6.45, 7) is -0.433. The van der Waals surface area contributed by atoms with E-state index in [0.717, 1.165) is 17.0 Å². The van der Waals surface area contributed by atoms with E-state index in [1.54, 1.807) is 6.07 Å². The lowest BCUT2D eigenvalue weighted by molar-refractivity contribution is -0.135. The number of anilines is 1. The average Bonchev–Trinajstić information content (AvgIpc) is 2.33. The van der Waals surface area contributed by atoms with Gasteiger partial charge in [0.25, 0.3) is 0 Å². The molecule has 0 fully saturated rings. The summed E-state index contributed by atoms with van der Waals surface area (Å²) >= 11 is 0. The Bertz CT molecular complexity index is 491. The van der Waals surface area contributed by atoms with E-state index in [9.17, 15) is 13.6 Å². The Morgan fingerprint density at radius 3 is 2.47 bits per heavy atom. The number of nitrogens with zero attached hydrogens (tertiary/aromatic N) is 2. The molecule has 1 rings (SSSR count). The Morgan fingerprint density at radius 1 is 1.47 bits per heavy atom. The molecule has 0 radical (unpaired) electrons. The van der Waals surface area contributed by atoms with Crippen molar-refractivity contribution in [2.45, 2.75) is 0 Å². The maximum Gasteiger partial charge on any atom is 0.323 e. The second-order valence-corrected chi connectivity index (χ2v) is 3.71. The van der Waals surface area contributed by atoms with Crippen LogP contribution in [0.2, 0.25) is 0 Å². The number of hydrogen-bond acceptors (Lipinski definition) is 4. The molecule has 0 atom stereocenters. The lowest BCUT2D eigenvalue weighted by Crippen LogP contribution is -2.34. The van der Waals surface area contributed by atoms with Gasteiger partial charge in [-0.1, -0.05) is 0 Å². The monoisotopic (exact) mass is 270 g/mol. The molecule has 0 spiro atoms. The summed E-state index contributed by atoms with van der Waals surface area (Å²) in [6, 6.07) is 3.34. The number of nitriles is 1. The van der Waals surface area contributed by atoms with E-state index in [1.165, 1.54) is 7.11 Å². The van der Waals surface area contributed by atoms with E-state index >= 15 is 0 Å². The second-order valence-electron chi connectivity index (χ2n) is 3.71. The van der Waals surface area contributed by atoms with Crippen molar-refractivity contribution in [3.63, 3.8) is 0 Å². The fraction of sp³-hybridized carbons (Fsp3) is 0.333. The molecule has 0 bridgehead atoms. The number of ether oxygens (including phenoxy) is 1. The Kier molecular flexibility index (Phi) is 5.21. The number of rotatable bonds is 6. The minimum Gasteiger partial charge on any atom is -0.480 e. The number of benzene rings is 1. The van der Waals surface area contributed by atoms with Crippen LogP contribution >= 0.6 is 0 Å². The second kappa shape index (κ2) is 6.66. The van der Waals surface area contributed by atoms with Crippen molar-refractivity contribution in [1.29, 1.82) is 5.26 Å². The summed E-state index contributed by atoms with van der Waals surface area (Å²) in [6.07, 6.45) is 0. The van der Waals surface area contributed by atoms with Crippen LogP contribution in [0.15, 0.2) is 12.1 Å². The van der Waals surface area contributed by atoms with Gasteiger partial charge in [-0.3, -0.25) is 4.79 Å². The van der Waals surface area contributed by atoms with Crippen LogP contribution in [0, 0.1) is 23.0 Å². The topological polar surface area (TPSA) is 73.6 Å². The summed E-state index contributed by atoms with van der Waals surface area (Å²) in [5, 5.41) is 17.3. The first-order valence-corrected chi connectivity index (χ1v) is 5.34. The molecule has 5 nitrogen and oxygen atoms in total. The van der Waals surface area contributed by atoms with Crippen LogP contribution in [0.5, 0.6) is 0 Å². The van der Waals surface area contributed by atoms with Crippen molar-refractivity contribution >= 4 is 11.7 Å². The first-order valence-electron chi connectivity index (χ1n) is 5.34. The molecule has 1 N–H and O–H groups in total. The van der Waals surface area contributed by atoms with Gasteiger partial charge in [0, 0.05) is 13.7 Å². The highest BCUT2D eigenvalue weighted by Crippen LogP contribution is 2.24. The van der Waals surface area contributed by atoms with Gasteiger partial charge in [0.2, 0.25) is 0 Å². The van der Waals surface area contributed by atoms with Crippen molar-refractivity contribution in [2.24, 2.45) is 0 Å². The summed E-state index contributed by atoms with van der Waals surface area (Å²) in [5.74, 6) is -3.18. The molecule has 0 saturated heterocycles. The molecule has 0 aliphatic carbocycles. The minimum absolute atomic E-state index is 0.0164. The lowest BCUT2D eigenvalue weighted by atomic mass is 10.2. The molecule has 1 aromatic rings. The van der Waals surface area contributed by atoms with Crippen molar-refractivity contribution in [1.82, 2.24) is 0 Å². The van der Waals surface area contributed by atoms with Gasteiger partial charge in [0.1, 0.15) is 12.2 Å². The fourth-order valence-electron chi connectivity index (χ4n) is 1.57. The quantitative estimate of drug-likeness (QED) is 0.845. The first kappa shape index (κ1) is 14.9. The van der Waals surface area contributed by atoms with E-state index < -0.39 is 29.8 Å². The average molecular weight is 270 g/mol. The van der Waals surface area contributed by atoms with Crippen LogP contribution in [-0.4, -0.2) is 37.9 Å². The van der Waals surface area contributed by atoms with E-state index in [4.69, 9.17) is 15.1 Å². The molecule has 0 aromatic heterocycles. The molecule has 7 heteroatoms. The Morgan fingerprint density at radius 2 is 2.05 bits per heavy atom. The maximum absolute atomic E-state index is 13.8. The smallest absolute Gasteiger partial charge is 0.323 e. The van der Waals surface area contributed by atoms with Crippen LogP contribution in [-0.2, 0) is 9.53 Å². The number of hydrogen-bond donors (Lipinski definition) is 1. The van der Waals surface area contributed by atoms with Crippen molar-refractivity contribution < 1.29 is 23.4 Å². The van der Waals surface area contributed by atoms with E-state index in [0.29, 0.717) is 0 Å². The predicted molar refractivity (Wildman–Crippen MR) is 62.8 cm³/mol. The van der Waals surface area contributed by atoms with Gasteiger partial charge in [-0.05, 0) is 12.1 Å². The van der Waals surface area contributed by atoms with Crippen LogP contribution in [0.3, 0.4) is 0 Å². The first-order chi connectivity index (χ1) is 8.99. The zero-order valence-electron chi connectivity index (χ0n) is 10.2. The highest BCUT2D eigenvalue weighted by molar-refractivity contribution is 5.74. The van der Waals surface area contributed by atoms with Gasteiger partial charge in [-0.2, -0.15) is 5.26 Å². The molecule has 0 unspecified atom stereocenters. The van der Waals surface area contributed by atoms with Gasteiger partial charge in [-0.15, -0.1) is 0 Å². The largest absolute Gasteiger partial charge is 0.480 e. The summed E-state index contributed by atoms with van der Waals surface area (Å²) in [7, 11) is 1.39. The van der Waals surface area contributed by atoms with Crippen LogP contribution < -0.4 is 4.90 Å². The van der Waals surface area contributed by atoms with Crippen LogP contribution in [0.25, 0.3) is 0 Å². The molecule has 0 aliphatic heterocycles. The molecule has 0 aliphatic rings. The molecule has 19 heavy (non-hydrogen) atoms. The molecule has 0 saturated carbocycles. The Balaban J connectivity index is 3.14. The summed E-state index contributed by atoms with van der Waals surface area (Å²) in [4.78, 5) is 11.7. The lowest BCUT2D eigenvalue weighted by Gasteiger charge is -2.23. The molecule has 0 heterocycles. The number of carboxylic acids is 1. The van der Waals surface area contributed by atoms with E-state index in [2.05, 4.69) is 0 Å². The van der Waals surface area contributed by atoms with Gasteiger partial charge in [0.05, 0.1) is 18.2 Å². The third-order valence-electron chi connectivity index (χ3n) is 2.35. The Hall–Kier alpha value is -2.20. The molecule has 0 amide bonds. The fourth-order valence-corrected chi connectivity index (χ4v) is 1.57. The third-order valence-corrected chi connectivity index (χ3v) is 2.35. The number of carbonyl (C=O) groups is 1. The van der Waals surface area contributed by atoms with Gasteiger partial charge < -0.3 is 14.7 Å². The molecular formula is C12H12F2N2O3. The minimum atomic E-state index is -1.22. The highest BCUT2D eigenvalue weighted by atomic mass is 19.1. The highest BCUT2D eigenvalue weighted by Gasteiger charge is 2.20. The zero-order valence-corrected chi connectivity index (χ0v) is 10.2. The molecule has 1 aromatic carbocycles. The molecule has 102 valence electrons. The van der Waals surface area contributed by atoms with Crippen molar-refractivity contribution in [2.75, 3.05) is 31.7 Å².